The Balaban J connectivity index is 1.14. The number of para-hydroxylation sites is 2. The largest absolute Gasteiger partial charge is 0.459 e. The van der Waals surface area contributed by atoms with Crippen molar-refractivity contribution in [3.05, 3.63) is 54.8 Å². The summed E-state index contributed by atoms with van der Waals surface area (Å²) >= 11 is 0. The van der Waals surface area contributed by atoms with Crippen LogP contribution in [0.5, 0.6) is 5.75 Å². The summed E-state index contributed by atoms with van der Waals surface area (Å²) in [6, 6.07) is 9.87. The fourth-order valence-corrected chi connectivity index (χ4v) is 3.58. The molecule has 28 heavy (non-hydrogen) atoms. The molecule has 2 aromatic rings. The normalized spacial score (nSPS) is 16.6. The molecule has 2 aliphatic rings. The molecule has 148 valence electrons. The van der Waals surface area contributed by atoms with E-state index in [0.717, 1.165) is 68.9 Å². The van der Waals surface area contributed by atoms with Gasteiger partial charge in [0.15, 0.2) is 0 Å². The minimum absolute atomic E-state index is 0.848. The second-order valence-electron chi connectivity index (χ2n) is 7.25. The molecular weight excluding hydrogens is 352 g/mol. The topological polar surface area (TPSA) is 56.8 Å². The molecule has 0 atom stereocenters. The average Bonchev–Trinajstić information content (AvgIpc) is 2.77. The van der Waals surface area contributed by atoms with Gasteiger partial charge in [-0.15, -0.1) is 0 Å². The molecule has 0 spiro atoms. The summed E-state index contributed by atoms with van der Waals surface area (Å²) in [4.78, 5) is 15.7. The SMILES string of the molecule is CN(CCCCN1CCN(c2ncccn2)CC1)C1=COc2ccccc2N1. The number of hydrogen-bond acceptors (Lipinski definition) is 7. The van der Waals surface area contributed by atoms with Gasteiger partial charge in [0.05, 0.1) is 5.69 Å². The molecule has 0 unspecified atom stereocenters. The molecule has 2 aliphatic heterocycles. The molecule has 1 fully saturated rings. The highest BCUT2D eigenvalue weighted by Crippen LogP contribution is 2.29. The van der Waals surface area contributed by atoms with Gasteiger partial charge in [-0.25, -0.2) is 9.97 Å². The molecule has 3 heterocycles. The number of hydrogen-bond donors (Lipinski definition) is 1. The predicted octanol–water partition coefficient (Wildman–Crippen LogP) is 2.61. The standard InChI is InChI=1S/C21H28N6O/c1-25(20-17-28-19-8-3-2-7-18(19)24-20)11-4-5-12-26-13-15-27(16-14-26)21-22-9-6-10-23-21/h2-3,6-10,17,24H,4-5,11-16H2,1H3. The van der Waals surface area contributed by atoms with Gasteiger partial charge in [0.1, 0.15) is 17.8 Å². The van der Waals surface area contributed by atoms with E-state index in [9.17, 15) is 0 Å². The lowest BCUT2D eigenvalue weighted by Gasteiger charge is -2.34. The molecule has 0 amide bonds. The molecule has 0 saturated carbocycles. The molecule has 1 aromatic carbocycles. The van der Waals surface area contributed by atoms with Crippen LogP contribution in [0.4, 0.5) is 11.6 Å². The van der Waals surface area contributed by atoms with E-state index in [0.29, 0.717) is 0 Å². The van der Waals surface area contributed by atoms with Crippen molar-refractivity contribution in [2.75, 3.05) is 56.5 Å². The number of ether oxygens (including phenoxy) is 1. The Morgan fingerprint density at radius 2 is 1.82 bits per heavy atom. The number of aromatic nitrogens is 2. The molecule has 0 aliphatic carbocycles. The van der Waals surface area contributed by atoms with E-state index < -0.39 is 0 Å². The first-order valence-corrected chi connectivity index (χ1v) is 9.98. The zero-order valence-electron chi connectivity index (χ0n) is 16.4. The molecule has 1 N–H and O–H groups in total. The summed E-state index contributed by atoms with van der Waals surface area (Å²) < 4.78 is 5.72. The van der Waals surface area contributed by atoms with E-state index in [1.807, 2.05) is 42.7 Å². The minimum Gasteiger partial charge on any atom is -0.459 e. The van der Waals surface area contributed by atoms with Gasteiger partial charge in [0.25, 0.3) is 0 Å². The third-order valence-corrected chi connectivity index (χ3v) is 5.28. The summed E-state index contributed by atoms with van der Waals surface area (Å²) in [5.74, 6) is 2.73. The Kier molecular flexibility index (Phi) is 5.92. The van der Waals surface area contributed by atoms with Gasteiger partial charge in [-0.3, -0.25) is 4.90 Å². The third-order valence-electron chi connectivity index (χ3n) is 5.28. The van der Waals surface area contributed by atoms with Crippen molar-refractivity contribution >= 4 is 11.6 Å². The van der Waals surface area contributed by atoms with Crippen LogP contribution in [0, 0.1) is 0 Å². The summed E-state index contributed by atoms with van der Waals surface area (Å²) in [5.41, 5.74) is 1.02. The average molecular weight is 380 g/mol. The number of anilines is 2. The van der Waals surface area contributed by atoms with E-state index in [1.54, 1.807) is 6.26 Å². The Morgan fingerprint density at radius 3 is 2.64 bits per heavy atom. The smallest absolute Gasteiger partial charge is 0.225 e. The van der Waals surface area contributed by atoms with Crippen molar-refractivity contribution in [1.82, 2.24) is 19.8 Å². The van der Waals surface area contributed by atoms with E-state index in [-0.39, 0.29) is 0 Å². The maximum atomic E-state index is 5.72. The van der Waals surface area contributed by atoms with Crippen LogP contribution in [0.2, 0.25) is 0 Å². The van der Waals surface area contributed by atoms with E-state index >= 15 is 0 Å². The maximum absolute atomic E-state index is 5.72. The van der Waals surface area contributed by atoms with Gasteiger partial charge < -0.3 is 19.9 Å². The Bertz CT molecular complexity index is 788. The van der Waals surface area contributed by atoms with Crippen molar-refractivity contribution in [1.29, 1.82) is 0 Å². The van der Waals surface area contributed by atoms with Crippen molar-refractivity contribution in [2.45, 2.75) is 12.8 Å². The lowest BCUT2D eigenvalue weighted by Crippen LogP contribution is -2.47. The van der Waals surface area contributed by atoms with Gasteiger partial charge >= 0.3 is 0 Å². The van der Waals surface area contributed by atoms with Gasteiger partial charge in [-0.2, -0.15) is 0 Å². The van der Waals surface area contributed by atoms with Gasteiger partial charge in [-0.1, -0.05) is 12.1 Å². The zero-order chi connectivity index (χ0) is 19.2. The summed E-state index contributed by atoms with van der Waals surface area (Å²) in [6.07, 6.45) is 7.76. The molecular formula is C21H28N6O. The Hall–Kier alpha value is -2.80. The van der Waals surface area contributed by atoms with E-state index in [2.05, 4.69) is 37.0 Å². The number of rotatable bonds is 7. The summed E-state index contributed by atoms with van der Waals surface area (Å²) in [6.45, 7) is 6.29. The highest BCUT2D eigenvalue weighted by atomic mass is 16.5. The second-order valence-corrected chi connectivity index (χ2v) is 7.25. The van der Waals surface area contributed by atoms with Crippen LogP contribution < -0.4 is 15.0 Å². The lowest BCUT2D eigenvalue weighted by atomic mass is 10.2. The predicted molar refractivity (Wildman–Crippen MR) is 111 cm³/mol. The van der Waals surface area contributed by atoms with E-state index in [1.165, 1.54) is 6.42 Å². The lowest BCUT2D eigenvalue weighted by molar-refractivity contribution is 0.247. The fourth-order valence-electron chi connectivity index (χ4n) is 3.58. The molecule has 4 rings (SSSR count). The quantitative estimate of drug-likeness (QED) is 0.741. The highest BCUT2D eigenvalue weighted by Gasteiger charge is 2.18. The minimum atomic E-state index is 0.848. The first-order valence-electron chi connectivity index (χ1n) is 9.98. The number of benzene rings is 1. The Labute approximate surface area is 166 Å². The number of nitrogens with one attached hydrogen (secondary N) is 1. The fraction of sp³-hybridized carbons (Fsp3) is 0.429. The van der Waals surface area contributed by atoms with Crippen molar-refractivity contribution in [3.63, 3.8) is 0 Å². The third kappa shape index (κ3) is 4.54. The van der Waals surface area contributed by atoms with Gasteiger partial charge in [-0.05, 0) is 37.6 Å². The first kappa shape index (κ1) is 18.6. The highest BCUT2D eigenvalue weighted by molar-refractivity contribution is 5.61. The molecule has 1 saturated heterocycles. The van der Waals surface area contributed by atoms with Crippen LogP contribution in [0.25, 0.3) is 0 Å². The summed E-state index contributed by atoms with van der Waals surface area (Å²) in [5, 5.41) is 3.44. The van der Waals surface area contributed by atoms with Crippen LogP contribution in [0.15, 0.2) is 54.8 Å². The van der Waals surface area contributed by atoms with Crippen molar-refractivity contribution in [3.8, 4) is 5.75 Å². The number of unbranched alkanes of at least 4 members (excludes halogenated alkanes) is 1. The molecule has 7 nitrogen and oxygen atoms in total. The molecule has 0 radical (unpaired) electrons. The monoisotopic (exact) mass is 380 g/mol. The summed E-state index contributed by atoms with van der Waals surface area (Å²) in [7, 11) is 2.11. The second kappa shape index (κ2) is 8.93. The van der Waals surface area contributed by atoms with Crippen LogP contribution in [0.3, 0.4) is 0 Å². The van der Waals surface area contributed by atoms with Crippen LogP contribution in [-0.2, 0) is 0 Å². The van der Waals surface area contributed by atoms with Crippen LogP contribution in [0.1, 0.15) is 12.8 Å². The maximum Gasteiger partial charge on any atom is 0.225 e. The molecule has 0 bridgehead atoms. The van der Waals surface area contributed by atoms with Crippen molar-refractivity contribution in [2.24, 2.45) is 0 Å². The Morgan fingerprint density at radius 1 is 1.04 bits per heavy atom. The number of nitrogens with zero attached hydrogens (tertiary/aromatic N) is 5. The molecule has 1 aromatic heterocycles. The van der Waals surface area contributed by atoms with Crippen molar-refractivity contribution < 1.29 is 4.74 Å². The first-order chi connectivity index (χ1) is 13.8. The van der Waals surface area contributed by atoms with Crippen LogP contribution in [-0.4, -0.2) is 66.1 Å². The number of fused-ring (bicyclic) bond motifs is 1. The van der Waals surface area contributed by atoms with Gasteiger partial charge in [0, 0.05) is 52.2 Å². The van der Waals surface area contributed by atoms with Crippen LogP contribution >= 0.6 is 0 Å². The molecule has 7 heteroatoms. The van der Waals surface area contributed by atoms with Gasteiger partial charge in [0.2, 0.25) is 5.95 Å². The number of piperazine rings is 1. The zero-order valence-corrected chi connectivity index (χ0v) is 16.4. The van der Waals surface area contributed by atoms with E-state index in [4.69, 9.17) is 4.74 Å².